The van der Waals surface area contributed by atoms with Crippen molar-refractivity contribution in [3.63, 3.8) is 0 Å². The molecule has 2 amide bonds. The number of carbonyl (C=O) groups is 2. The molecule has 0 aliphatic carbocycles. The Hall–Kier alpha value is -3.39. The Kier molecular flexibility index (Phi) is 9.09. The molecule has 0 fully saturated rings. The third kappa shape index (κ3) is 7.07. The molecule has 2 aromatic rings. The van der Waals surface area contributed by atoms with Crippen molar-refractivity contribution < 1.29 is 23.8 Å². The lowest BCUT2D eigenvalue weighted by atomic mass is 9.91. The first-order chi connectivity index (χ1) is 17.1. The molecule has 0 aromatic heterocycles. The van der Waals surface area contributed by atoms with Crippen LogP contribution >= 0.6 is 0 Å². The van der Waals surface area contributed by atoms with E-state index in [1.165, 1.54) is 5.01 Å². The van der Waals surface area contributed by atoms with E-state index >= 15 is 0 Å². The third-order valence-electron chi connectivity index (χ3n) is 6.02. The first-order valence-electron chi connectivity index (χ1n) is 12.1. The van der Waals surface area contributed by atoms with Crippen LogP contribution < -0.4 is 9.47 Å². The molecule has 0 saturated heterocycles. The Balaban J connectivity index is 1.89. The number of carbonyl (C=O) groups excluding carboxylic acids is 2. The molecule has 0 spiro atoms. The van der Waals surface area contributed by atoms with E-state index in [-0.39, 0.29) is 29.8 Å². The second-order valence-electron chi connectivity index (χ2n) is 10.1. The first kappa shape index (κ1) is 27.2. The van der Waals surface area contributed by atoms with E-state index in [0.29, 0.717) is 26.0 Å². The average molecular weight is 496 g/mol. The number of hydrogen-bond acceptors (Lipinski definition) is 6. The molecule has 1 atom stereocenters. The van der Waals surface area contributed by atoms with Crippen LogP contribution in [0.25, 0.3) is 0 Å². The number of benzene rings is 2. The Morgan fingerprint density at radius 1 is 0.972 bits per heavy atom. The van der Waals surface area contributed by atoms with Crippen LogP contribution in [0.3, 0.4) is 0 Å². The monoisotopic (exact) mass is 495 g/mol. The summed E-state index contributed by atoms with van der Waals surface area (Å²) in [7, 11) is 4.83. The number of amides is 2. The molecular formula is C28H37N3O5. The number of nitrogens with zero attached hydrogens (tertiary/aromatic N) is 3. The summed E-state index contributed by atoms with van der Waals surface area (Å²) in [6.45, 7) is 6.65. The zero-order valence-corrected chi connectivity index (χ0v) is 22.1. The number of ether oxygens (including phenoxy) is 3. The highest BCUT2D eigenvalue weighted by Crippen LogP contribution is 2.34. The predicted molar refractivity (Wildman–Crippen MR) is 139 cm³/mol. The summed E-state index contributed by atoms with van der Waals surface area (Å²) >= 11 is 0. The Morgan fingerprint density at radius 3 is 2.08 bits per heavy atom. The molecule has 3 rings (SSSR count). The quantitative estimate of drug-likeness (QED) is 0.491. The molecule has 0 bridgehead atoms. The predicted octanol–water partition coefficient (Wildman–Crippen LogP) is 4.29. The minimum Gasteiger partial charge on any atom is -0.497 e. The van der Waals surface area contributed by atoms with Crippen molar-refractivity contribution in [2.75, 3.05) is 41.0 Å². The molecule has 1 heterocycles. The fourth-order valence-corrected chi connectivity index (χ4v) is 4.08. The summed E-state index contributed by atoms with van der Waals surface area (Å²) < 4.78 is 15.8. The standard InChI is InChI=1S/C28H37N3O5/c1-28(2,3)18-26(32)30(15-16-34-4)19-27(33)31-25(21-9-13-23(36-6)14-10-21)17-24(29-31)20-7-11-22(35-5)12-8-20/h7-14,25H,15-19H2,1-6H3/t25-/m1/s1. The van der Waals surface area contributed by atoms with Crippen LogP contribution in [0.2, 0.25) is 0 Å². The van der Waals surface area contributed by atoms with Crippen LogP contribution in [0.4, 0.5) is 0 Å². The smallest absolute Gasteiger partial charge is 0.262 e. The van der Waals surface area contributed by atoms with E-state index < -0.39 is 0 Å². The average Bonchev–Trinajstić information content (AvgIpc) is 3.31. The third-order valence-corrected chi connectivity index (χ3v) is 6.02. The molecule has 8 nitrogen and oxygen atoms in total. The van der Waals surface area contributed by atoms with Gasteiger partial charge in [-0.15, -0.1) is 0 Å². The van der Waals surface area contributed by atoms with Crippen LogP contribution in [0, 0.1) is 5.41 Å². The van der Waals surface area contributed by atoms with Crippen molar-refractivity contribution in [3.05, 3.63) is 59.7 Å². The van der Waals surface area contributed by atoms with Crippen molar-refractivity contribution in [2.45, 2.75) is 39.7 Å². The van der Waals surface area contributed by atoms with Gasteiger partial charge in [0, 0.05) is 26.5 Å². The van der Waals surface area contributed by atoms with E-state index in [2.05, 4.69) is 0 Å². The molecule has 0 saturated carbocycles. The van der Waals surface area contributed by atoms with Crippen LogP contribution in [0.5, 0.6) is 11.5 Å². The SMILES string of the molecule is COCCN(CC(=O)N1N=C(c2ccc(OC)cc2)C[C@@H]1c1ccc(OC)cc1)C(=O)CC(C)(C)C. The molecule has 36 heavy (non-hydrogen) atoms. The number of hydrazone groups is 1. The zero-order valence-electron chi connectivity index (χ0n) is 22.1. The first-order valence-corrected chi connectivity index (χ1v) is 12.1. The summed E-state index contributed by atoms with van der Waals surface area (Å²) in [6.07, 6.45) is 0.894. The normalized spacial score (nSPS) is 15.4. The van der Waals surface area contributed by atoms with E-state index in [1.807, 2.05) is 69.3 Å². The summed E-state index contributed by atoms with van der Waals surface area (Å²) in [5.74, 6) is 1.18. The van der Waals surface area contributed by atoms with E-state index in [1.54, 1.807) is 26.2 Å². The highest BCUT2D eigenvalue weighted by molar-refractivity contribution is 6.03. The van der Waals surface area contributed by atoms with Gasteiger partial charge in [-0.2, -0.15) is 5.10 Å². The maximum Gasteiger partial charge on any atom is 0.262 e. The Bertz CT molecular complexity index is 1060. The van der Waals surface area contributed by atoms with Gasteiger partial charge >= 0.3 is 0 Å². The van der Waals surface area contributed by atoms with Crippen molar-refractivity contribution in [1.29, 1.82) is 0 Å². The lowest BCUT2D eigenvalue weighted by Crippen LogP contribution is -2.43. The maximum absolute atomic E-state index is 13.6. The summed E-state index contributed by atoms with van der Waals surface area (Å²) in [5.41, 5.74) is 2.48. The van der Waals surface area contributed by atoms with Crippen molar-refractivity contribution in [1.82, 2.24) is 9.91 Å². The molecule has 8 heteroatoms. The maximum atomic E-state index is 13.6. The Labute approximate surface area is 213 Å². The van der Waals surface area contributed by atoms with Gasteiger partial charge in [0.1, 0.15) is 18.0 Å². The van der Waals surface area contributed by atoms with Crippen LogP contribution in [0.1, 0.15) is 50.8 Å². The van der Waals surface area contributed by atoms with Gasteiger partial charge < -0.3 is 19.1 Å². The largest absolute Gasteiger partial charge is 0.497 e. The number of methoxy groups -OCH3 is 3. The molecule has 1 aliphatic heterocycles. The molecule has 2 aromatic carbocycles. The minimum atomic E-state index is -0.289. The van der Waals surface area contributed by atoms with Gasteiger partial charge in [-0.1, -0.05) is 32.9 Å². The van der Waals surface area contributed by atoms with Gasteiger partial charge in [-0.05, 0) is 52.9 Å². The van der Waals surface area contributed by atoms with Gasteiger partial charge in [0.2, 0.25) is 5.91 Å². The summed E-state index contributed by atoms with van der Waals surface area (Å²) in [6, 6.07) is 15.0. The van der Waals surface area contributed by atoms with E-state index in [0.717, 1.165) is 28.3 Å². The van der Waals surface area contributed by atoms with E-state index in [4.69, 9.17) is 19.3 Å². The molecule has 194 valence electrons. The highest BCUT2D eigenvalue weighted by atomic mass is 16.5. The minimum absolute atomic E-state index is 0.0652. The van der Waals surface area contributed by atoms with Crippen LogP contribution in [-0.4, -0.2) is 68.5 Å². The number of rotatable bonds is 10. The van der Waals surface area contributed by atoms with Gasteiger partial charge in [0.15, 0.2) is 0 Å². The van der Waals surface area contributed by atoms with Crippen molar-refractivity contribution in [3.8, 4) is 11.5 Å². The molecule has 0 unspecified atom stereocenters. The van der Waals surface area contributed by atoms with E-state index in [9.17, 15) is 9.59 Å². The molecule has 1 aliphatic rings. The van der Waals surface area contributed by atoms with Crippen molar-refractivity contribution >= 4 is 17.5 Å². The molecule has 0 radical (unpaired) electrons. The van der Waals surface area contributed by atoms with Crippen LogP contribution in [-0.2, 0) is 14.3 Å². The second kappa shape index (κ2) is 12.0. The second-order valence-corrected chi connectivity index (χ2v) is 10.1. The Morgan fingerprint density at radius 2 is 1.56 bits per heavy atom. The van der Waals surface area contributed by atoms with Gasteiger partial charge in [-0.3, -0.25) is 9.59 Å². The topological polar surface area (TPSA) is 80.7 Å². The van der Waals surface area contributed by atoms with Crippen molar-refractivity contribution in [2.24, 2.45) is 10.5 Å². The zero-order chi connectivity index (χ0) is 26.3. The fraction of sp³-hybridized carbons (Fsp3) is 0.464. The summed E-state index contributed by atoms with van der Waals surface area (Å²) in [5, 5.41) is 6.26. The van der Waals surface area contributed by atoms with Gasteiger partial charge in [0.05, 0.1) is 32.6 Å². The fourth-order valence-electron chi connectivity index (χ4n) is 4.08. The molecular weight excluding hydrogens is 458 g/mol. The lowest BCUT2D eigenvalue weighted by Gasteiger charge is -2.29. The summed E-state index contributed by atoms with van der Waals surface area (Å²) in [4.78, 5) is 28.2. The lowest BCUT2D eigenvalue weighted by molar-refractivity contribution is -0.143. The molecule has 0 N–H and O–H groups in total. The number of hydrogen-bond donors (Lipinski definition) is 0. The highest BCUT2D eigenvalue weighted by Gasteiger charge is 2.34. The van der Waals surface area contributed by atoms with Crippen LogP contribution in [0.15, 0.2) is 53.6 Å². The van der Waals surface area contributed by atoms with Gasteiger partial charge in [0.25, 0.3) is 5.91 Å². The van der Waals surface area contributed by atoms with Gasteiger partial charge in [-0.25, -0.2) is 5.01 Å².